The van der Waals surface area contributed by atoms with Crippen LogP contribution >= 0.6 is 0 Å². The molecule has 1 saturated heterocycles. The molecule has 1 fully saturated rings. The Kier molecular flexibility index (Phi) is 9.33. The Morgan fingerprint density at radius 3 is 2.66 bits per heavy atom. The van der Waals surface area contributed by atoms with Crippen LogP contribution in [-0.2, 0) is 25.5 Å². The van der Waals surface area contributed by atoms with Gasteiger partial charge < -0.3 is 24.1 Å². The number of aromatic nitrogens is 2. The number of carbonyl (C=O) groups excluding carboxylic acids is 2. The third kappa shape index (κ3) is 6.23. The number of carbonyl (C=O) groups is 2. The van der Waals surface area contributed by atoms with E-state index >= 15 is 0 Å². The number of ether oxygens (including phenoxy) is 3. The first kappa shape index (κ1) is 26.3. The number of hydrogen-bond donors (Lipinski definition) is 1. The average Bonchev–Trinajstić information content (AvgIpc) is 3.26. The summed E-state index contributed by atoms with van der Waals surface area (Å²) >= 11 is 0. The van der Waals surface area contributed by atoms with Gasteiger partial charge in [-0.05, 0) is 38.9 Å². The summed E-state index contributed by atoms with van der Waals surface area (Å²) in [7, 11) is 0. The molecule has 190 valence electrons. The van der Waals surface area contributed by atoms with Crippen LogP contribution in [0.25, 0.3) is 11.0 Å². The highest BCUT2D eigenvalue weighted by Gasteiger charge is 2.27. The van der Waals surface area contributed by atoms with Gasteiger partial charge in [0.2, 0.25) is 11.9 Å². The van der Waals surface area contributed by atoms with Crippen LogP contribution < -0.4 is 10.2 Å². The van der Waals surface area contributed by atoms with Crippen LogP contribution in [0.4, 0.5) is 19.5 Å². The fraction of sp³-hybridized carbons (Fsp3) is 0.565. The lowest BCUT2D eigenvalue weighted by Crippen LogP contribution is -2.36. The molecule has 1 aliphatic heterocycles. The third-order valence-corrected chi connectivity index (χ3v) is 5.63. The Hall–Kier alpha value is -3.30. The van der Waals surface area contributed by atoms with Gasteiger partial charge in [-0.3, -0.25) is 4.79 Å². The van der Waals surface area contributed by atoms with Crippen molar-refractivity contribution in [1.29, 1.82) is 5.26 Å². The highest BCUT2D eigenvalue weighted by molar-refractivity contribution is 5.94. The normalized spacial score (nSPS) is 14.0. The second-order valence-electron chi connectivity index (χ2n) is 7.91. The van der Waals surface area contributed by atoms with Crippen LogP contribution in [0, 0.1) is 23.0 Å². The van der Waals surface area contributed by atoms with E-state index in [0.29, 0.717) is 13.0 Å². The summed E-state index contributed by atoms with van der Waals surface area (Å²) < 4.78 is 46.4. The Balaban J connectivity index is 1.65. The van der Waals surface area contributed by atoms with Crippen LogP contribution in [0.15, 0.2) is 6.07 Å². The molecule has 2 heterocycles. The number of amides is 1. The van der Waals surface area contributed by atoms with Gasteiger partial charge >= 0.3 is 6.16 Å². The van der Waals surface area contributed by atoms with Gasteiger partial charge in [-0.25, -0.2) is 23.5 Å². The topological polar surface area (TPSA) is 119 Å². The van der Waals surface area contributed by atoms with Gasteiger partial charge in [-0.2, -0.15) is 5.26 Å². The average molecular weight is 494 g/mol. The zero-order valence-corrected chi connectivity index (χ0v) is 19.8. The van der Waals surface area contributed by atoms with Crippen LogP contribution in [0.3, 0.4) is 0 Å². The predicted octanol–water partition coefficient (Wildman–Crippen LogP) is 3.22. The molecule has 0 spiro atoms. The first-order valence-electron chi connectivity index (χ1n) is 11.6. The quantitative estimate of drug-likeness (QED) is 0.305. The minimum absolute atomic E-state index is 0.0216. The smallest absolute Gasteiger partial charge is 0.434 e. The second kappa shape index (κ2) is 12.4. The van der Waals surface area contributed by atoms with E-state index in [1.54, 1.807) is 19.9 Å². The highest BCUT2D eigenvalue weighted by atomic mass is 19.1. The van der Waals surface area contributed by atoms with E-state index < -0.39 is 36.0 Å². The minimum Gasteiger partial charge on any atom is -0.434 e. The molecule has 2 aromatic rings. The summed E-state index contributed by atoms with van der Waals surface area (Å²) in [5.41, 5.74) is -1.05. The Morgan fingerprint density at radius 2 is 2.00 bits per heavy atom. The van der Waals surface area contributed by atoms with Crippen LogP contribution in [-0.4, -0.2) is 60.8 Å². The number of anilines is 1. The molecule has 1 aromatic heterocycles. The van der Waals surface area contributed by atoms with Crippen molar-refractivity contribution in [3.8, 4) is 6.07 Å². The maximum atomic E-state index is 14.8. The lowest BCUT2D eigenvalue weighted by Gasteiger charge is -2.23. The molecule has 1 amide bonds. The molecule has 1 aromatic carbocycles. The van der Waals surface area contributed by atoms with Crippen LogP contribution in [0.2, 0.25) is 0 Å². The monoisotopic (exact) mass is 493 g/mol. The molecule has 0 atom stereocenters. The van der Waals surface area contributed by atoms with Crippen molar-refractivity contribution >= 4 is 29.0 Å². The van der Waals surface area contributed by atoms with Gasteiger partial charge in [0.25, 0.3) is 0 Å². The largest absolute Gasteiger partial charge is 0.510 e. The van der Waals surface area contributed by atoms with Crippen LogP contribution in [0.5, 0.6) is 0 Å². The molecule has 3 rings (SSSR count). The zero-order valence-electron chi connectivity index (χ0n) is 19.8. The number of benzene rings is 1. The first-order chi connectivity index (χ1) is 16.9. The summed E-state index contributed by atoms with van der Waals surface area (Å²) in [6.45, 7) is 5.16. The van der Waals surface area contributed by atoms with E-state index in [1.165, 1.54) is 4.57 Å². The molecule has 1 aliphatic rings. The summed E-state index contributed by atoms with van der Waals surface area (Å²) in [5.74, 6) is -2.44. The molecule has 0 saturated carbocycles. The summed E-state index contributed by atoms with van der Waals surface area (Å²) in [5, 5.41) is 12.3. The van der Waals surface area contributed by atoms with E-state index in [4.69, 9.17) is 19.5 Å². The van der Waals surface area contributed by atoms with Gasteiger partial charge in [0, 0.05) is 19.4 Å². The number of fused-ring (bicyclic) bond motifs is 1. The fourth-order valence-corrected chi connectivity index (χ4v) is 3.82. The molecule has 0 unspecified atom stereocenters. The Bertz CT molecular complexity index is 1090. The SMILES string of the molecule is CCC(=O)N(COC(=O)OCCCOC1CCNCC1)c1nc2c(F)cc(C#N)c(F)c2n1CC. The molecule has 0 bridgehead atoms. The van der Waals surface area contributed by atoms with Gasteiger partial charge in [0.05, 0.1) is 24.9 Å². The van der Waals surface area contributed by atoms with Crippen molar-refractivity contribution in [3.63, 3.8) is 0 Å². The van der Waals surface area contributed by atoms with Crippen molar-refractivity contribution in [1.82, 2.24) is 14.9 Å². The molecular formula is C23H29F2N5O5. The number of imidazole rings is 1. The van der Waals surface area contributed by atoms with E-state index in [0.717, 1.165) is 36.9 Å². The maximum absolute atomic E-state index is 14.8. The first-order valence-corrected chi connectivity index (χ1v) is 11.6. The van der Waals surface area contributed by atoms with Gasteiger partial charge in [-0.15, -0.1) is 0 Å². The molecule has 0 radical (unpaired) electrons. The Labute approximate surface area is 201 Å². The second-order valence-corrected chi connectivity index (χ2v) is 7.91. The van der Waals surface area contributed by atoms with Crippen molar-refractivity contribution in [2.75, 3.05) is 37.9 Å². The number of rotatable bonds is 10. The van der Waals surface area contributed by atoms with Gasteiger partial charge in [0.1, 0.15) is 17.1 Å². The lowest BCUT2D eigenvalue weighted by atomic mass is 10.1. The van der Waals surface area contributed by atoms with Gasteiger partial charge in [-0.1, -0.05) is 6.92 Å². The van der Waals surface area contributed by atoms with Gasteiger partial charge in [0.15, 0.2) is 18.4 Å². The van der Waals surface area contributed by atoms with Crippen LogP contribution in [0.1, 0.15) is 45.1 Å². The zero-order chi connectivity index (χ0) is 25.4. The third-order valence-electron chi connectivity index (χ3n) is 5.63. The number of nitriles is 1. The number of nitrogens with zero attached hydrogens (tertiary/aromatic N) is 4. The minimum atomic E-state index is -0.996. The predicted molar refractivity (Wildman–Crippen MR) is 122 cm³/mol. The number of hydrogen-bond acceptors (Lipinski definition) is 8. The molecule has 35 heavy (non-hydrogen) atoms. The number of nitrogens with one attached hydrogen (secondary N) is 1. The molecule has 0 aliphatic carbocycles. The van der Waals surface area contributed by atoms with E-state index in [9.17, 15) is 18.4 Å². The van der Waals surface area contributed by atoms with Crippen molar-refractivity contribution in [2.45, 2.75) is 52.2 Å². The molecule has 1 N–H and O–H groups in total. The van der Waals surface area contributed by atoms with E-state index in [2.05, 4.69) is 10.3 Å². The van der Waals surface area contributed by atoms with Crippen molar-refractivity contribution in [3.05, 3.63) is 23.3 Å². The summed E-state index contributed by atoms with van der Waals surface area (Å²) in [4.78, 5) is 29.7. The molecular weight excluding hydrogens is 464 g/mol. The summed E-state index contributed by atoms with van der Waals surface area (Å²) in [6.07, 6.45) is 1.60. The van der Waals surface area contributed by atoms with Crippen molar-refractivity contribution in [2.24, 2.45) is 0 Å². The Morgan fingerprint density at radius 1 is 1.26 bits per heavy atom. The number of halogens is 2. The van der Waals surface area contributed by atoms with E-state index in [-0.39, 0.29) is 42.7 Å². The summed E-state index contributed by atoms with van der Waals surface area (Å²) in [6, 6.07) is 2.36. The molecule has 10 nitrogen and oxygen atoms in total. The van der Waals surface area contributed by atoms with E-state index in [1.807, 2.05) is 0 Å². The standard InChI is InChI=1S/C23H29F2N5O5/c1-3-18(31)30(14-35-23(32)34-11-5-10-33-16-6-8-27-9-7-16)22-28-20-17(24)12-15(13-26)19(25)21(20)29(22)4-2/h12,16,27H,3-11,14H2,1-2H3. The lowest BCUT2D eigenvalue weighted by molar-refractivity contribution is -0.119. The molecule has 12 heteroatoms. The number of piperidine rings is 1. The number of aryl methyl sites for hydroxylation is 1. The fourth-order valence-electron chi connectivity index (χ4n) is 3.82. The van der Waals surface area contributed by atoms with Crippen molar-refractivity contribution < 1.29 is 32.6 Å². The highest BCUT2D eigenvalue weighted by Crippen LogP contribution is 2.29. The maximum Gasteiger partial charge on any atom is 0.510 e.